The molecule has 0 spiro atoms. The Morgan fingerprint density at radius 1 is 1.41 bits per heavy atom. The average Bonchev–Trinajstić information content (AvgIpc) is 2.67. The minimum atomic E-state index is -0.285. The Morgan fingerprint density at radius 2 is 2.06 bits per heavy atom. The summed E-state index contributed by atoms with van der Waals surface area (Å²) in [4.78, 5) is 13.8. The molecule has 2 N–H and O–H groups in total. The molecule has 0 radical (unpaired) electrons. The fourth-order valence-electron chi connectivity index (χ4n) is 3.00. The highest BCUT2D eigenvalue weighted by Gasteiger charge is 2.32. The van der Waals surface area contributed by atoms with Crippen LogP contribution in [0.15, 0.2) is 5.16 Å². The molecule has 2 rings (SSSR count). The molecule has 2 fully saturated rings. The Morgan fingerprint density at radius 3 is 2.65 bits per heavy atom. The lowest BCUT2D eigenvalue weighted by Crippen LogP contribution is -2.42. The van der Waals surface area contributed by atoms with E-state index in [4.69, 9.17) is 5.21 Å². The van der Waals surface area contributed by atoms with Gasteiger partial charge in [-0.3, -0.25) is 4.79 Å². The zero-order chi connectivity index (χ0) is 12.3. The summed E-state index contributed by atoms with van der Waals surface area (Å²) in [7, 11) is 0. The summed E-state index contributed by atoms with van der Waals surface area (Å²) in [6, 6.07) is 0. The molecule has 0 aromatic carbocycles. The average molecular weight is 239 g/mol. The predicted molar refractivity (Wildman–Crippen MR) is 65.2 cm³/mol. The Balaban J connectivity index is 1.67. The molecular weight excluding hydrogens is 218 g/mol. The highest BCUT2D eigenvalue weighted by Crippen LogP contribution is 2.35. The normalized spacial score (nSPS) is 29.4. The first-order chi connectivity index (χ1) is 8.19. The summed E-state index contributed by atoms with van der Waals surface area (Å²) in [5.41, 5.74) is 0.115. The maximum Gasteiger partial charge on any atom is 0.268 e. The number of piperidine rings is 1. The van der Waals surface area contributed by atoms with E-state index in [-0.39, 0.29) is 11.6 Å². The molecule has 2 bridgehead atoms. The SMILES string of the molecule is C/C(=N\O)C(=O)NCCN1CC2CCC(C2)C1. The van der Waals surface area contributed by atoms with Crippen LogP contribution in [0.5, 0.6) is 0 Å². The van der Waals surface area contributed by atoms with E-state index in [0.717, 1.165) is 18.4 Å². The third-order valence-electron chi connectivity index (χ3n) is 3.87. The topological polar surface area (TPSA) is 64.9 Å². The summed E-state index contributed by atoms with van der Waals surface area (Å²) in [5.74, 6) is 1.47. The number of fused-ring (bicyclic) bond motifs is 2. The van der Waals surface area contributed by atoms with Crippen LogP contribution in [0, 0.1) is 11.8 Å². The third-order valence-corrected chi connectivity index (χ3v) is 3.87. The first kappa shape index (κ1) is 12.4. The van der Waals surface area contributed by atoms with Crippen molar-refractivity contribution in [3.63, 3.8) is 0 Å². The van der Waals surface area contributed by atoms with Crippen molar-refractivity contribution < 1.29 is 10.0 Å². The second-order valence-corrected chi connectivity index (χ2v) is 5.25. The van der Waals surface area contributed by atoms with Gasteiger partial charge in [-0.2, -0.15) is 0 Å². The van der Waals surface area contributed by atoms with Gasteiger partial charge < -0.3 is 15.4 Å². The number of amides is 1. The van der Waals surface area contributed by atoms with Crippen LogP contribution in [-0.2, 0) is 4.79 Å². The zero-order valence-electron chi connectivity index (χ0n) is 10.4. The van der Waals surface area contributed by atoms with Crippen LogP contribution in [-0.4, -0.2) is 47.9 Å². The van der Waals surface area contributed by atoms with Crippen molar-refractivity contribution >= 4 is 11.6 Å². The van der Waals surface area contributed by atoms with Crippen molar-refractivity contribution in [2.75, 3.05) is 26.2 Å². The molecule has 5 nitrogen and oxygen atoms in total. The molecule has 17 heavy (non-hydrogen) atoms. The Kier molecular flexibility index (Phi) is 3.99. The number of carbonyl (C=O) groups is 1. The van der Waals surface area contributed by atoms with Crippen molar-refractivity contribution in [3.05, 3.63) is 0 Å². The molecule has 96 valence electrons. The van der Waals surface area contributed by atoms with Gasteiger partial charge in [-0.05, 0) is 38.0 Å². The van der Waals surface area contributed by atoms with E-state index in [1.54, 1.807) is 0 Å². The number of hydrogen-bond donors (Lipinski definition) is 2. The summed E-state index contributed by atoms with van der Waals surface area (Å²) >= 11 is 0. The second-order valence-electron chi connectivity index (χ2n) is 5.25. The Labute approximate surface area is 102 Å². The molecule has 1 amide bonds. The van der Waals surface area contributed by atoms with Gasteiger partial charge in [0.1, 0.15) is 5.71 Å². The maximum atomic E-state index is 11.3. The molecule has 2 aliphatic rings. The highest BCUT2D eigenvalue weighted by atomic mass is 16.4. The van der Waals surface area contributed by atoms with E-state index in [2.05, 4.69) is 15.4 Å². The number of likely N-dealkylation sites (tertiary alicyclic amines) is 1. The molecule has 2 atom stereocenters. The minimum absolute atomic E-state index is 0.115. The maximum absolute atomic E-state index is 11.3. The first-order valence-electron chi connectivity index (χ1n) is 6.38. The molecule has 1 saturated carbocycles. The molecule has 1 saturated heterocycles. The fourth-order valence-corrected chi connectivity index (χ4v) is 3.00. The minimum Gasteiger partial charge on any atom is -0.410 e. The van der Waals surface area contributed by atoms with E-state index in [1.807, 2.05) is 0 Å². The van der Waals surface area contributed by atoms with Crippen LogP contribution in [0.4, 0.5) is 0 Å². The van der Waals surface area contributed by atoms with Crippen LogP contribution in [0.3, 0.4) is 0 Å². The molecule has 0 aromatic heterocycles. The van der Waals surface area contributed by atoms with Gasteiger partial charge in [0.25, 0.3) is 5.91 Å². The largest absolute Gasteiger partial charge is 0.410 e. The van der Waals surface area contributed by atoms with Crippen LogP contribution in [0.1, 0.15) is 26.2 Å². The first-order valence-corrected chi connectivity index (χ1v) is 6.38. The summed E-state index contributed by atoms with van der Waals surface area (Å²) in [6.45, 7) is 5.39. The number of hydrogen-bond acceptors (Lipinski definition) is 4. The fraction of sp³-hybridized carbons (Fsp3) is 0.833. The van der Waals surface area contributed by atoms with Crippen molar-refractivity contribution in [3.8, 4) is 0 Å². The molecule has 0 aromatic rings. The third kappa shape index (κ3) is 3.19. The summed E-state index contributed by atoms with van der Waals surface area (Å²) in [6.07, 6.45) is 4.16. The molecule has 2 unspecified atom stereocenters. The van der Waals surface area contributed by atoms with Crippen molar-refractivity contribution in [1.29, 1.82) is 0 Å². The number of rotatable bonds is 4. The lowest BCUT2D eigenvalue weighted by atomic mass is 9.99. The van der Waals surface area contributed by atoms with E-state index < -0.39 is 0 Å². The number of oxime groups is 1. The van der Waals surface area contributed by atoms with Gasteiger partial charge in [0.15, 0.2) is 0 Å². The molecular formula is C12H21N3O2. The quantitative estimate of drug-likeness (QED) is 0.431. The van der Waals surface area contributed by atoms with Crippen molar-refractivity contribution in [1.82, 2.24) is 10.2 Å². The van der Waals surface area contributed by atoms with Gasteiger partial charge in [-0.15, -0.1) is 0 Å². The van der Waals surface area contributed by atoms with Crippen molar-refractivity contribution in [2.24, 2.45) is 17.0 Å². The zero-order valence-corrected chi connectivity index (χ0v) is 10.4. The number of nitrogens with zero attached hydrogens (tertiary/aromatic N) is 2. The number of carbonyl (C=O) groups excluding carboxylic acids is 1. The van der Waals surface area contributed by atoms with E-state index in [0.29, 0.717) is 6.54 Å². The Bertz CT molecular complexity index is 305. The van der Waals surface area contributed by atoms with Gasteiger partial charge in [-0.25, -0.2) is 0 Å². The predicted octanol–water partition coefficient (Wildman–Crippen LogP) is 0.685. The van der Waals surface area contributed by atoms with Gasteiger partial charge in [-0.1, -0.05) is 5.16 Å². The lowest BCUT2D eigenvalue weighted by Gasteiger charge is -2.31. The lowest BCUT2D eigenvalue weighted by molar-refractivity contribution is -0.115. The van der Waals surface area contributed by atoms with Gasteiger partial charge in [0.2, 0.25) is 0 Å². The highest BCUT2D eigenvalue weighted by molar-refractivity contribution is 6.37. The molecule has 1 heterocycles. The van der Waals surface area contributed by atoms with Crippen LogP contribution < -0.4 is 5.32 Å². The van der Waals surface area contributed by atoms with E-state index >= 15 is 0 Å². The van der Waals surface area contributed by atoms with E-state index in [9.17, 15) is 4.79 Å². The van der Waals surface area contributed by atoms with Crippen LogP contribution in [0.2, 0.25) is 0 Å². The standard InChI is InChI=1S/C12H21N3O2/c1-9(14-17)12(16)13-4-5-15-7-10-2-3-11(6-10)8-15/h10-11,17H,2-8H2,1H3,(H,13,16)/b14-9+. The van der Waals surface area contributed by atoms with E-state index in [1.165, 1.54) is 39.3 Å². The van der Waals surface area contributed by atoms with Crippen LogP contribution in [0.25, 0.3) is 0 Å². The van der Waals surface area contributed by atoms with Gasteiger partial charge in [0.05, 0.1) is 0 Å². The van der Waals surface area contributed by atoms with Gasteiger partial charge >= 0.3 is 0 Å². The smallest absolute Gasteiger partial charge is 0.268 e. The van der Waals surface area contributed by atoms with Crippen LogP contribution >= 0.6 is 0 Å². The summed E-state index contributed by atoms with van der Waals surface area (Å²) < 4.78 is 0. The molecule has 1 aliphatic heterocycles. The number of nitrogens with one attached hydrogen (secondary N) is 1. The second kappa shape index (κ2) is 5.49. The van der Waals surface area contributed by atoms with Crippen molar-refractivity contribution in [2.45, 2.75) is 26.2 Å². The molecule has 5 heteroatoms. The summed E-state index contributed by atoms with van der Waals surface area (Å²) in [5, 5.41) is 14.1. The monoisotopic (exact) mass is 239 g/mol. The Hall–Kier alpha value is -1.10. The van der Waals surface area contributed by atoms with Gasteiger partial charge in [0, 0.05) is 26.2 Å². The molecule has 1 aliphatic carbocycles.